The Hall–Kier alpha value is -1.51. The molecule has 0 saturated heterocycles. The Kier molecular flexibility index (Phi) is 4.69. The van der Waals surface area contributed by atoms with E-state index < -0.39 is 0 Å². The lowest BCUT2D eigenvalue weighted by molar-refractivity contribution is 0.474. The molecule has 2 aromatic carbocycles. The van der Waals surface area contributed by atoms with Gasteiger partial charge in [0.05, 0.1) is 0 Å². The van der Waals surface area contributed by atoms with Crippen LogP contribution in [-0.2, 0) is 6.54 Å². The smallest absolute Gasteiger partial charge is 0.133 e. The quantitative estimate of drug-likeness (QED) is 0.875. The van der Waals surface area contributed by atoms with Crippen molar-refractivity contribution in [1.82, 2.24) is 5.32 Å². The second-order valence-corrected chi connectivity index (χ2v) is 5.53. The molecule has 1 N–H and O–H groups in total. The fraction of sp³-hybridized carbons (Fsp3) is 0.294. The molecule has 0 amide bonds. The fourth-order valence-corrected chi connectivity index (χ4v) is 2.62. The fourth-order valence-electron chi connectivity index (χ4n) is 2.30. The van der Waals surface area contributed by atoms with Crippen LogP contribution in [0.2, 0.25) is 5.02 Å². The number of rotatable bonds is 4. The van der Waals surface area contributed by atoms with E-state index in [9.17, 15) is 0 Å². The molecule has 0 aliphatic rings. The Labute approximate surface area is 125 Å². The maximum Gasteiger partial charge on any atom is 0.133 e. The van der Waals surface area contributed by atoms with E-state index in [0.29, 0.717) is 0 Å². The Morgan fingerprint density at radius 2 is 1.65 bits per heavy atom. The first-order chi connectivity index (χ1) is 9.51. The molecule has 20 heavy (non-hydrogen) atoms. The first-order valence-corrected chi connectivity index (χ1v) is 7.08. The van der Waals surface area contributed by atoms with Crippen LogP contribution in [0.3, 0.4) is 0 Å². The average Bonchev–Trinajstić information content (AvgIpc) is 2.37. The van der Waals surface area contributed by atoms with Crippen molar-refractivity contribution in [1.29, 1.82) is 0 Å². The SMILES string of the molecule is CNCc1ccc(Oc2c(C)cc(Cl)cc2C)cc1C. The summed E-state index contributed by atoms with van der Waals surface area (Å²) in [6.45, 7) is 6.99. The number of halogens is 1. The van der Waals surface area contributed by atoms with Gasteiger partial charge in [-0.05, 0) is 74.3 Å². The molecule has 0 aromatic heterocycles. The standard InChI is InChI=1S/C17H20ClNO/c1-11-9-16(6-5-14(11)10-19-4)20-17-12(2)7-15(18)8-13(17)3/h5-9,19H,10H2,1-4H3. The van der Waals surface area contributed by atoms with E-state index in [1.165, 1.54) is 11.1 Å². The molecule has 0 bridgehead atoms. The topological polar surface area (TPSA) is 21.3 Å². The molecule has 0 aliphatic carbocycles. The molecule has 0 heterocycles. The lowest BCUT2D eigenvalue weighted by Gasteiger charge is -2.14. The maximum atomic E-state index is 6.04. The molecule has 3 heteroatoms. The van der Waals surface area contributed by atoms with E-state index in [-0.39, 0.29) is 0 Å². The van der Waals surface area contributed by atoms with Crippen molar-refractivity contribution < 1.29 is 4.74 Å². The first-order valence-electron chi connectivity index (χ1n) is 6.70. The van der Waals surface area contributed by atoms with Crippen molar-refractivity contribution in [3.63, 3.8) is 0 Å². The van der Waals surface area contributed by atoms with Crippen molar-refractivity contribution in [3.05, 3.63) is 57.6 Å². The number of aryl methyl sites for hydroxylation is 3. The van der Waals surface area contributed by atoms with Crippen molar-refractivity contribution >= 4 is 11.6 Å². The van der Waals surface area contributed by atoms with E-state index in [2.05, 4.69) is 24.4 Å². The molecule has 0 unspecified atom stereocenters. The monoisotopic (exact) mass is 289 g/mol. The van der Waals surface area contributed by atoms with Gasteiger partial charge in [0.2, 0.25) is 0 Å². The van der Waals surface area contributed by atoms with Crippen LogP contribution in [0.15, 0.2) is 30.3 Å². The largest absolute Gasteiger partial charge is 0.457 e. The number of nitrogens with one attached hydrogen (secondary N) is 1. The Morgan fingerprint density at radius 3 is 2.20 bits per heavy atom. The van der Waals surface area contributed by atoms with E-state index in [4.69, 9.17) is 16.3 Å². The van der Waals surface area contributed by atoms with Gasteiger partial charge in [-0.3, -0.25) is 0 Å². The highest BCUT2D eigenvalue weighted by atomic mass is 35.5. The van der Waals surface area contributed by atoms with Crippen LogP contribution in [0.5, 0.6) is 11.5 Å². The van der Waals surface area contributed by atoms with Gasteiger partial charge in [-0.25, -0.2) is 0 Å². The highest BCUT2D eigenvalue weighted by molar-refractivity contribution is 6.30. The minimum Gasteiger partial charge on any atom is -0.457 e. The van der Waals surface area contributed by atoms with E-state index in [1.807, 2.05) is 39.1 Å². The molecular formula is C17H20ClNO. The molecule has 0 saturated carbocycles. The third-order valence-corrected chi connectivity index (χ3v) is 3.54. The Bertz CT molecular complexity index is 599. The highest BCUT2D eigenvalue weighted by Crippen LogP contribution is 2.32. The van der Waals surface area contributed by atoms with Gasteiger partial charge in [-0.2, -0.15) is 0 Å². The normalized spacial score (nSPS) is 10.7. The van der Waals surface area contributed by atoms with Crippen LogP contribution < -0.4 is 10.1 Å². The van der Waals surface area contributed by atoms with Crippen LogP contribution >= 0.6 is 11.6 Å². The summed E-state index contributed by atoms with van der Waals surface area (Å²) in [4.78, 5) is 0. The summed E-state index contributed by atoms with van der Waals surface area (Å²) in [6.07, 6.45) is 0. The zero-order valence-corrected chi connectivity index (χ0v) is 13.1. The number of hydrogen-bond acceptors (Lipinski definition) is 2. The molecule has 106 valence electrons. The number of hydrogen-bond donors (Lipinski definition) is 1. The van der Waals surface area contributed by atoms with Crippen LogP contribution in [0.1, 0.15) is 22.3 Å². The zero-order valence-electron chi connectivity index (χ0n) is 12.4. The van der Waals surface area contributed by atoms with Gasteiger partial charge in [-0.15, -0.1) is 0 Å². The average molecular weight is 290 g/mol. The van der Waals surface area contributed by atoms with Crippen molar-refractivity contribution in [2.24, 2.45) is 0 Å². The van der Waals surface area contributed by atoms with Gasteiger partial charge in [0.1, 0.15) is 11.5 Å². The lowest BCUT2D eigenvalue weighted by Crippen LogP contribution is -2.06. The van der Waals surface area contributed by atoms with Crippen molar-refractivity contribution in [2.75, 3.05) is 7.05 Å². The van der Waals surface area contributed by atoms with E-state index >= 15 is 0 Å². The van der Waals surface area contributed by atoms with Crippen LogP contribution in [0.4, 0.5) is 0 Å². The number of ether oxygens (including phenoxy) is 1. The van der Waals surface area contributed by atoms with Gasteiger partial charge in [-0.1, -0.05) is 17.7 Å². The summed E-state index contributed by atoms with van der Waals surface area (Å²) in [7, 11) is 1.95. The molecule has 0 atom stereocenters. The molecule has 0 aliphatic heterocycles. The number of benzene rings is 2. The summed E-state index contributed by atoms with van der Waals surface area (Å²) in [5, 5.41) is 3.91. The van der Waals surface area contributed by atoms with E-state index in [1.54, 1.807) is 0 Å². The molecule has 0 spiro atoms. The van der Waals surface area contributed by atoms with Crippen LogP contribution in [0.25, 0.3) is 0 Å². The predicted molar refractivity (Wildman–Crippen MR) is 84.9 cm³/mol. The zero-order chi connectivity index (χ0) is 14.7. The van der Waals surface area contributed by atoms with Crippen LogP contribution in [-0.4, -0.2) is 7.05 Å². The van der Waals surface area contributed by atoms with Crippen LogP contribution in [0, 0.1) is 20.8 Å². The second kappa shape index (κ2) is 6.29. The molecule has 0 fully saturated rings. The van der Waals surface area contributed by atoms with Gasteiger partial charge >= 0.3 is 0 Å². The molecule has 2 nitrogen and oxygen atoms in total. The Balaban J connectivity index is 2.29. The summed E-state index contributed by atoms with van der Waals surface area (Å²) in [6, 6.07) is 10.0. The summed E-state index contributed by atoms with van der Waals surface area (Å²) in [5.74, 6) is 1.74. The van der Waals surface area contributed by atoms with E-state index in [0.717, 1.165) is 34.2 Å². The molecule has 2 aromatic rings. The molecule has 0 radical (unpaired) electrons. The second-order valence-electron chi connectivity index (χ2n) is 5.09. The Morgan fingerprint density at radius 1 is 1.00 bits per heavy atom. The van der Waals surface area contributed by atoms with Crippen molar-refractivity contribution in [2.45, 2.75) is 27.3 Å². The summed E-state index contributed by atoms with van der Waals surface area (Å²) in [5.41, 5.74) is 4.60. The summed E-state index contributed by atoms with van der Waals surface area (Å²) < 4.78 is 6.03. The van der Waals surface area contributed by atoms with Gasteiger partial charge in [0.25, 0.3) is 0 Å². The first kappa shape index (κ1) is 14.9. The van der Waals surface area contributed by atoms with Crippen molar-refractivity contribution in [3.8, 4) is 11.5 Å². The summed E-state index contributed by atoms with van der Waals surface area (Å²) >= 11 is 6.04. The predicted octanol–water partition coefficient (Wildman–Crippen LogP) is 4.78. The molecule has 2 rings (SSSR count). The third-order valence-electron chi connectivity index (χ3n) is 3.33. The molecular weight excluding hydrogens is 270 g/mol. The maximum absolute atomic E-state index is 6.04. The van der Waals surface area contributed by atoms with Gasteiger partial charge < -0.3 is 10.1 Å². The minimum atomic E-state index is 0.743. The van der Waals surface area contributed by atoms with Gasteiger partial charge in [0, 0.05) is 11.6 Å². The third kappa shape index (κ3) is 3.33. The minimum absolute atomic E-state index is 0.743. The highest BCUT2D eigenvalue weighted by Gasteiger charge is 2.08. The van der Waals surface area contributed by atoms with Gasteiger partial charge in [0.15, 0.2) is 0 Å². The lowest BCUT2D eigenvalue weighted by atomic mass is 10.1.